The standard InChI is InChI=1S/C18H19N3O/c1-3-21-16-10-5-4-9-15(16)13(2)17(21)18(22)20-12-14-8-6-7-11-19-14/h4-11H,3,12H2,1-2H3,(H,20,22). The summed E-state index contributed by atoms with van der Waals surface area (Å²) >= 11 is 0. The SMILES string of the molecule is CCn1c(C(=O)NCc2ccccn2)c(C)c2ccccc21. The Kier molecular flexibility index (Phi) is 3.92. The van der Waals surface area contributed by atoms with Gasteiger partial charge in [-0.05, 0) is 37.6 Å². The molecule has 0 aliphatic carbocycles. The first-order valence-electron chi connectivity index (χ1n) is 7.48. The third-order valence-corrected chi connectivity index (χ3v) is 3.91. The van der Waals surface area contributed by atoms with Crippen molar-refractivity contribution in [2.45, 2.75) is 26.9 Å². The highest BCUT2D eigenvalue weighted by Crippen LogP contribution is 2.25. The fourth-order valence-electron chi connectivity index (χ4n) is 2.86. The lowest BCUT2D eigenvalue weighted by Gasteiger charge is -2.09. The molecule has 1 N–H and O–H groups in total. The molecule has 2 aromatic heterocycles. The van der Waals surface area contributed by atoms with Crippen LogP contribution in [0.15, 0.2) is 48.7 Å². The van der Waals surface area contributed by atoms with Gasteiger partial charge in [-0.2, -0.15) is 0 Å². The fraction of sp³-hybridized carbons (Fsp3) is 0.222. The number of carbonyl (C=O) groups excluding carboxylic acids is 1. The van der Waals surface area contributed by atoms with Crippen molar-refractivity contribution in [1.29, 1.82) is 0 Å². The Morgan fingerprint density at radius 3 is 2.68 bits per heavy atom. The number of amides is 1. The van der Waals surface area contributed by atoms with Gasteiger partial charge in [-0.25, -0.2) is 0 Å². The Bertz CT molecular complexity index is 806. The molecule has 2 heterocycles. The van der Waals surface area contributed by atoms with Crippen LogP contribution in [0.4, 0.5) is 0 Å². The first-order chi connectivity index (χ1) is 10.7. The van der Waals surface area contributed by atoms with E-state index in [1.54, 1.807) is 6.20 Å². The van der Waals surface area contributed by atoms with Crippen molar-refractivity contribution in [3.8, 4) is 0 Å². The summed E-state index contributed by atoms with van der Waals surface area (Å²) in [6.07, 6.45) is 1.73. The Hall–Kier alpha value is -2.62. The Morgan fingerprint density at radius 1 is 1.18 bits per heavy atom. The number of para-hydroxylation sites is 1. The molecular formula is C18H19N3O. The average molecular weight is 293 g/mol. The zero-order valence-electron chi connectivity index (χ0n) is 12.8. The van der Waals surface area contributed by atoms with Crippen LogP contribution in [0.1, 0.15) is 28.7 Å². The molecule has 0 bridgehead atoms. The largest absolute Gasteiger partial charge is 0.345 e. The molecule has 0 radical (unpaired) electrons. The smallest absolute Gasteiger partial charge is 0.268 e. The molecule has 0 saturated carbocycles. The number of fused-ring (bicyclic) bond motifs is 1. The molecule has 0 atom stereocenters. The van der Waals surface area contributed by atoms with E-state index in [-0.39, 0.29) is 5.91 Å². The maximum Gasteiger partial charge on any atom is 0.268 e. The normalized spacial score (nSPS) is 10.8. The fourth-order valence-corrected chi connectivity index (χ4v) is 2.86. The lowest BCUT2D eigenvalue weighted by molar-refractivity contribution is 0.0941. The average Bonchev–Trinajstić information content (AvgIpc) is 2.86. The van der Waals surface area contributed by atoms with Crippen LogP contribution in [-0.2, 0) is 13.1 Å². The third-order valence-electron chi connectivity index (χ3n) is 3.91. The van der Waals surface area contributed by atoms with E-state index in [1.807, 2.05) is 37.3 Å². The molecule has 0 aliphatic rings. The minimum absolute atomic E-state index is 0.0544. The van der Waals surface area contributed by atoms with Crippen LogP contribution in [-0.4, -0.2) is 15.5 Å². The van der Waals surface area contributed by atoms with Crippen LogP contribution in [0.3, 0.4) is 0 Å². The molecule has 22 heavy (non-hydrogen) atoms. The van der Waals surface area contributed by atoms with Gasteiger partial charge in [0.05, 0.1) is 12.2 Å². The zero-order chi connectivity index (χ0) is 15.5. The summed E-state index contributed by atoms with van der Waals surface area (Å²) in [5.41, 5.74) is 3.72. The molecule has 0 aliphatic heterocycles. The molecule has 3 aromatic rings. The van der Waals surface area contributed by atoms with Crippen LogP contribution >= 0.6 is 0 Å². The number of hydrogen-bond donors (Lipinski definition) is 1. The number of aromatic nitrogens is 2. The van der Waals surface area contributed by atoms with Gasteiger partial charge in [-0.3, -0.25) is 9.78 Å². The highest BCUT2D eigenvalue weighted by Gasteiger charge is 2.18. The van der Waals surface area contributed by atoms with Crippen molar-refractivity contribution in [1.82, 2.24) is 14.9 Å². The van der Waals surface area contributed by atoms with Gasteiger partial charge in [0.1, 0.15) is 5.69 Å². The maximum absolute atomic E-state index is 12.6. The van der Waals surface area contributed by atoms with Gasteiger partial charge in [0.25, 0.3) is 5.91 Å². The van der Waals surface area contributed by atoms with E-state index >= 15 is 0 Å². The van der Waals surface area contributed by atoms with Crippen LogP contribution < -0.4 is 5.32 Å². The number of carbonyl (C=O) groups is 1. The van der Waals surface area contributed by atoms with Crippen LogP contribution in [0.2, 0.25) is 0 Å². The van der Waals surface area contributed by atoms with Gasteiger partial charge in [0.15, 0.2) is 0 Å². The second-order valence-corrected chi connectivity index (χ2v) is 5.24. The summed E-state index contributed by atoms with van der Waals surface area (Å²) < 4.78 is 2.07. The first kappa shape index (κ1) is 14.3. The van der Waals surface area contributed by atoms with Gasteiger partial charge in [-0.15, -0.1) is 0 Å². The molecule has 3 rings (SSSR count). The number of aryl methyl sites for hydroxylation is 2. The van der Waals surface area contributed by atoms with E-state index in [1.165, 1.54) is 0 Å². The molecule has 0 saturated heterocycles. The molecule has 4 heteroatoms. The molecule has 4 nitrogen and oxygen atoms in total. The lowest BCUT2D eigenvalue weighted by Crippen LogP contribution is -2.26. The highest BCUT2D eigenvalue weighted by atomic mass is 16.1. The molecule has 112 valence electrons. The van der Waals surface area contributed by atoms with Crippen LogP contribution in [0.25, 0.3) is 10.9 Å². The van der Waals surface area contributed by atoms with Crippen molar-refractivity contribution >= 4 is 16.8 Å². The number of hydrogen-bond acceptors (Lipinski definition) is 2. The Labute approximate surface area is 129 Å². The van der Waals surface area contributed by atoms with E-state index in [0.29, 0.717) is 6.54 Å². The molecule has 0 fully saturated rings. The topological polar surface area (TPSA) is 46.9 Å². The number of nitrogens with zero attached hydrogens (tertiary/aromatic N) is 2. The maximum atomic E-state index is 12.6. The summed E-state index contributed by atoms with van der Waals surface area (Å²) in [5, 5.41) is 4.10. The van der Waals surface area contributed by atoms with Crippen LogP contribution in [0.5, 0.6) is 0 Å². The van der Waals surface area contributed by atoms with E-state index in [2.05, 4.69) is 33.9 Å². The quantitative estimate of drug-likeness (QED) is 0.802. The van der Waals surface area contributed by atoms with Crippen LogP contribution in [0, 0.1) is 6.92 Å². The number of benzene rings is 1. The van der Waals surface area contributed by atoms with Crippen molar-refractivity contribution < 1.29 is 4.79 Å². The monoisotopic (exact) mass is 293 g/mol. The van der Waals surface area contributed by atoms with Crippen molar-refractivity contribution in [3.63, 3.8) is 0 Å². The number of nitrogens with one attached hydrogen (secondary N) is 1. The van der Waals surface area contributed by atoms with E-state index in [4.69, 9.17) is 0 Å². The molecule has 0 unspecified atom stereocenters. The molecule has 0 spiro atoms. The second-order valence-electron chi connectivity index (χ2n) is 5.24. The first-order valence-corrected chi connectivity index (χ1v) is 7.48. The summed E-state index contributed by atoms with van der Waals surface area (Å²) in [4.78, 5) is 16.9. The van der Waals surface area contributed by atoms with Gasteiger partial charge < -0.3 is 9.88 Å². The minimum atomic E-state index is -0.0544. The third kappa shape index (κ3) is 2.48. The molecular weight excluding hydrogens is 274 g/mol. The highest BCUT2D eigenvalue weighted by molar-refractivity contribution is 6.01. The van der Waals surface area contributed by atoms with E-state index in [0.717, 1.165) is 34.4 Å². The Morgan fingerprint density at radius 2 is 1.95 bits per heavy atom. The number of pyridine rings is 1. The van der Waals surface area contributed by atoms with Crippen molar-refractivity contribution in [2.75, 3.05) is 0 Å². The van der Waals surface area contributed by atoms with Gasteiger partial charge >= 0.3 is 0 Å². The summed E-state index contributed by atoms with van der Waals surface area (Å²) in [5.74, 6) is -0.0544. The molecule has 1 amide bonds. The predicted molar refractivity (Wildman–Crippen MR) is 87.8 cm³/mol. The minimum Gasteiger partial charge on any atom is -0.345 e. The zero-order valence-corrected chi connectivity index (χ0v) is 12.8. The van der Waals surface area contributed by atoms with E-state index < -0.39 is 0 Å². The van der Waals surface area contributed by atoms with Gasteiger partial charge in [-0.1, -0.05) is 24.3 Å². The van der Waals surface area contributed by atoms with Gasteiger partial charge in [0.2, 0.25) is 0 Å². The van der Waals surface area contributed by atoms with Crippen molar-refractivity contribution in [2.24, 2.45) is 0 Å². The summed E-state index contributed by atoms with van der Waals surface area (Å²) in [7, 11) is 0. The summed E-state index contributed by atoms with van der Waals surface area (Å²) in [6, 6.07) is 13.8. The predicted octanol–water partition coefficient (Wildman–Crippen LogP) is 3.29. The second kappa shape index (κ2) is 6.02. The van der Waals surface area contributed by atoms with Gasteiger partial charge in [0, 0.05) is 23.6 Å². The summed E-state index contributed by atoms with van der Waals surface area (Å²) in [6.45, 7) is 5.26. The number of rotatable bonds is 4. The van der Waals surface area contributed by atoms with Crippen molar-refractivity contribution in [3.05, 3.63) is 65.6 Å². The molecule has 1 aromatic carbocycles. The lowest BCUT2D eigenvalue weighted by atomic mass is 10.1. The van der Waals surface area contributed by atoms with E-state index in [9.17, 15) is 4.79 Å². The Balaban J connectivity index is 1.92.